The first-order chi connectivity index (χ1) is 8.29. The molecule has 4 nitrogen and oxygen atoms in total. The summed E-state index contributed by atoms with van der Waals surface area (Å²) in [7, 11) is 0. The van der Waals surface area contributed by atoms with Gasteiger partial charge in [0.1, 0.15) is 0 Å². The van der Waals surface area contributed by atoms with Crippen molar-refractivity contribution in [1.29, 1.82) is 0 Å². The number of aromatic nitrogens is 2. The van der Waals surface area contributed by atoms with Gasteiger partial charge in [-0.3, -0.25) is 9.89 Å². The maximum Gasteiger partial charge on any atom is 0.293 e. The Labute approximate surface area is 104 Å². The summed E-state index contributed by atoms with van der Waals surface area (Å²) in [6.07, 6.45) is 0.624. The van der Waals surface area contributed by atoms with Crippen LogP contribution in [0.25, 0.3) is 11.3 Å². The summed E-state index contributed by atoms with van der Waals surface area (Å²) in [4.78, 5) is 9.99. The predicted octanol–water partition coefficient (Wildman–Crippen LogP) is 2.45. The van der Waals surface area contributed by atoms with Gasteiger partial charge in [-0.1, -0.05) is 23.7 Å². The molecule has 0 fully saturated rings. The van der Waals surface area contributed by atoms with Gasteiger partial charge >= 0.3 is 0 Å². The SMILES string of the molecule is O=COCCc1cc(-c2ccc(Cl)cc2)n[nH]1. The molecule has 88 valence electrons. The minimum atomic E-state index is 0.353. The smallest absolute Gasteiger partial charge is 0.293 e. The molecule has 0 aliphatic rings. The van der Waals surface area contributed by atoms with E-state index in [0.29, 0.717) is 24.5 Å². The second-order valence-corrected chi connectivity index (χ2v) is 3.94. The van der Waals surface area contributed by atoms with Crippen molar-refractivity contribution in [3.8, 4) is 11.3 Å². The number of hydrogen-bond acceptors (Lipinski definition) is 3. The van der Waals surface area contributed by atoms with Crippen molar-refractivity contribution in [1.82, 2.24) is 10.2 Å². The Morgan fingerprint density at radius 3 is 2.82 bits per heavy atom. The van der Waals surface area contributed by atoms with Crippen LogP contribution in [0.1, 0.15) is 5.69 Å². The molecule has 0 spiro atoms. The van der Waals surface area contributed by atoms with Crippen LogP contribution >= 0.6 is 11.6 Å². The Balaban J connectivity index is 2.07. The maximum absolute atomic E-state index is 9.99. The van der Waals surface area contributed by atoms with Crippen molar-refractivity contribution in [2.75, 3.05) is 6.61 Å². The number of benzene rings is 1. The standard InChI is InChI=1S/C12H11ClN2O2/c13-10-3-1-9(2-4-10)12-7-11(14-15-12)5-6-17-8-16/h1-4,7-8H,5-6H2,(H,14,15). The van der Waals surface area contributed by atoms with Gasteiger partial charge in [-0.05, 0) is 18.2 Å². The minimum Gasteiger partial charge on any atom is -0.467 e. The largest absolute Gasteiger partial charge is 0.467 e. The molecule has 0 saturated heterocycles. The summed E-state index contributed by atoms with van der Waals surface area (Å²) in [6, 6.07) is 9.38. The van der Waals surface area contributed by atoms with Crippen LogP contribution in [-0.2, 0) is 16.0 Å². The number of H-pyrrole nitrogens is 1. The number of aromatic amines is 1. The van der Waals surface area contributed by atoms with Crippen molar-refractivity contribution in [3.63, 3.8) is 0 Å². The lowest BCUT2D eigenvalue weighted by atomic mass is 10.1. The van der Waals surface area contributed by atoms with Crippen molar-refractivity contribution < 1.29 is 9.53 Å². The van der Waals surface area contributed by atoms with Gasteiger partial charge in [0.2, 0.25) is 0 Å². The van der Waals surface area contributed by atoms with Gasteiger partial charge in [0, 0.05) is 22.7 Å². The summed E-state index contributed by atoms with van der Waals surface area (Å²) < 4.78 is 4.62. The molecule has 17 heavy (non-hydrogen) atoms. The fourth-order valence-corrected chi connectivity index (χ4v) is 1.60. The summed E-state index contributed by atoms with van der Waals surface area (Å²) in [5, 5.41) is 7.78. The Hall–Kier alpha value is -1.81. The number of nitrogens with one attached hydrogen (secondary N) is 1. The highest BCUT2D eigenvalue weighted by Gasteiger charge is 2.03. The zero-order valence-electron chi connectivity index (χ0n) is 9.02. The predicted molar refractivity (Wildman–Crippen MR) is 64.8 cm³/mol. The molecule has 1 N–H and O–H groups in total. The molecule has 0 unspecified atom stereocenters. The van der Waals surface area contributed by atoms with Gasteiger partial charge in [-0.25, -0.2) is 0 Å². The molecule has 0 bridgehead atoms. The highest BCUT2D eigenvalue weighted by molar-refractivity contribution is 6.30. The Bertz CT molecular complexity index is 493. The first kappa shape index (κ1) is 11.7. The number of nitrogens with zero attached hydrogens (tertiary/aromatic N) is 1. The van der Waals surface area contributed by atoms with Crippen molar-refractivity contribution in [2.45, 2.75) is 6.42 Å². The molecule has 0 aliphatic heterocycles. The van der Waals surface area contributed by atoms with Crippen LogP contribution in [0, 0.1) is 0 Å². The number of carbonyl (C=O) groups is 1. The third kappa shape index (κ3) is 3.07. The maximum atomic E-state index is 9.99. The summed E-state index contributed by atoms with van der Waals surface area (Å²) in [6.45, 7) is 0.794. The summed E-state index contributed by atoms with van der Waals surface area (Å²) in [5.74, 6) is 0. The van der Waals surface area contributed by atoms with Gasteiger partial charge in [0.25, 0.3) is 6.47 Å². The van der Waals surface area contributed by atoms with Crippen LogP contribution in [-0.4, -0.2) is 23.3 Å². The molecule has 0 atom stereocenters. The Kier molecular flexibility index (Phi) is 3.77. The quantitative estimate of drug-likeness (QED) is 0.655. The van der Waals surface area contributed by atoms with E-state index in [4.69, 9.17) is 11.6 Å². The molecule has 1 aromatic carbocycles. The summed E-state index contributed by atoms with van der Waals surface area (Å²) >= 11 is 5.81. The third-order valence-corrected chi connectivity index (χ3v) is 2.58. The van der Waals surface area contributed by atoms with E-state index < -0.39 is 0 Å². The van der Waals surface area contributed by atoms with E-state index in [1.165, 1.54) is 0 Å². The second-order valence-electron chi connectivity index (χ2n) is 3.50. The normalized spacial score (nSPS) is 10.2. The van der Waals surface area contributed by atoms with E-state index in [-0.39, 0.29) is 0 Å². The van der Waals surface area contributed by atoms with Crippen LogP contribution in [0.5, 0.6) is 0 Å². The number of rotatable bonds is 5. The highest BCUT2D eigenvalue weighted by atomic mass is 35.5. The molecule has 0 saturated carbocycles. The van der Waals surface area contributed by atoms with Crippen LogP contribution in [0.2, 0.25) is 5.02 Å². The molecular weight excluding hydrogens is 240 g/mol. The molecule has 0 amide bonds. The zero-order chi connectivity index (χ0) is 12.1. The topological polar surface area (TPSA) is 55.0 Å². The van der Waals surface area contributed by atoms with Gasteiger partial charge in [-0.15, -0.1) is 0 Å². The number of halogens is 1. The van der Waals surface area contributed by atoms with Gasteiger partial charge in [0.05, 0.1) is 12.3 Å². The molecule has 2 aromatic rings. The van der Waals surface area contributed by atoms with Gasteiger partial charge < -0.3 is 4.74 Å². The molecule has 2 rings (SSSR count). The Morgan fingerprint density at radius 1 is 1.35 bits per heavy atom. The average Bonchev–Trinajstić information content (AvgIpc) is 2.79. The lowest BCUT2D eigenvalue weighted by Crippen LogP contribution is -1.96. The van der Waals surface area contributed by atoms with Gasteiger partial charge in [0.15, 0.2) is 0 Å². The van der Waals surface area contributed by atoms with E-state index in [1.54, 1.807) is 0 Å². The second kappa shape index (κ2) is 5.50. The van der Waals surface area contributed by atoms with Crippen LogP contribution in [0.15, 0.2) is 30.3 Å². The summed E-state index contributed by atoms with van der Waals surface area (Å²) in [5.41, 5.74) is 2.77. The lowest BCUT2D eigenvalue weighted by molar-refractivity contribution is -0.128. The monoisotopic (exact) mass is 250 g/mol. The number of carbonyl (C=O) groups excluding carboxylic acids is 1. The van der Waals surface area contributed by atoms with Crippen LogP contribution < -0.4 is 0 Å². The molecule has 1 heterocycles. The Morgan fingerprint density at radius 2 is 2.12 bits per heavy atom. The third-order valence-electron chi connectivity index (χ3n) is 2.33. The number of hydrogen-bond donors (Lipinski definition) is 1. The van der Waals surface area contributed by atoms with E-state index >= 15 is 0 Å². The molecule has 0 radical (unpaired) electrons. The molecule has 1 aromatic heterocycles. The average molecular weight is 251 g/mol. The minimum absolute atomic E-state index is 0.353. The van der Waals surface area contributed by atoms with Crippen molar-refractivity contribution in [3.05, 3.63) is 41.0 Å². The molecule has 5 heteroatoms. The van der Waals surface area contributed by atoms with E-state index in [9.17, 15) is 4.79 Å². The number of ether oxygens (including phenoxy) is 1. The fourth-order valence-electron chi connectivity index (χ4n) is 1.48. The first-order valence-electron chi connectivity index (χ1n) is 5.15. The van der Waals surface area contributed by atoms with Crippen LogP contribution in [0.4, 0.5) is 0 Å². The highest BCUT2D eigenvalue weighted by Crippen LogP contribution is 2.20. The van der Waals surface area contributed by atoms with E-state index in [2.05, 4.69) is 14.9 Å². The van der Waals surface area contributed by atoms with Crippen molar-refractivity contribution in [2.24, 2.45) is 0 Å². The fraction of sp³-hybridized carbons (Fsp3) is 0.167. The first-order valence-corrected chi connectivity index (χ1v) is 5.53. The van der Waals surface area contributed by atoms with Crippen molar-refractivity contribution >= 4 is 18.1 Å². The molecular formula is C12H11ClN2O2. The van der Waals surface area contributed by atoms with Crippen LogP contribution in [0.3, 0.4) is 0 Å². The lowest BCUT2D eigenvalue weighted by Gasteiger charge is -1.95. The molecule has 0 aliphatic carbocycles. The van der Waals surface area contributed by atoms with E-state index in [1.807, 2.05) is 30.3 Å². The van der Waals surface area contributed by atoms with Gasteiger partial charge in [-0.2, -0.15) is 5.10 Å². The van der Waals surface area contributed by atoms with E-state index in [0.717, 1.165) is 17.0 Å². The zero-order valence-corrected chi connectivity index (χ0v) is 9.78.